The van der Waals surface area contributed by atoms with Crippen molar-refractivity contribution in [2.24, 2.45) is 5.92 Å². The van der Waals surface area contributed by atoms with Crippen LogP contribution in [0.4, 0.5) is 0 Å². The summed E-state index contributed by atoms with van der Waals surface area (Å²) in [5, 5.41) is 2.87. The van der Waals surface area contributed by atoms with Crippen molar-refractivity contribution in [2.45, 2.75) is 63.1 Å². The minimum absolute atomic E-state index is 0.0668. The van der Waals surface area contributed by atoms with Crippen LogP contribution in [0, 0.1) is 5.92 Å². The molecule has 2 aliphatic heterocycles. The molecule has 28 heavy (non-hydrogen) atoms. The van der Waals surface area contributed by atoms with E-state index in [2.05, 4.69) is 86.3 Å². The van der Waals surface area contributed by atoms with Gasteiger partial charge in [0, 0.05) is 11.6 Å². The zero-order valence-electron chi connectivity index (χ0n) is 17.5. The fourth-order valence-electron chi connectivity index (χ4n) is 6.24. The van der Waals surface area contributed by atoms with Gasteiger partial charge in [0.05, 0.1) is 6.61 Å². The van der Waals surface area contributed by atoms with Crippen molar-refractivity contribution in [2.75, 3.05) is 13.2 Å². The summed E-state index contributed by atoms with van der Waals surface area (Å²) >= 11 is 0. The molecular weight excluding hydrogens is 358 g/mol. The first-order valence-corrected chi connectivity index (χ1v) is 12.9. The second-order valence-corrected chi connectivity index (χ2v) is 14.5. The van der Waals surface area contributed by atoms with Gasteiger partial charge in [0.1, 0.15) is 0 Å². The van der Waals surface area contributed by atoms with Gasteiger partial charge in [0.15, 0.2) is 0 Å². The Kier molecular flexibility index (Phi) is 4.35. The van der Waals surface area contributed by atoms with Crippen molar-refractivity contribution in [1.82, 2.24) is 4.90 Å². The van der Waals surface area contributed by atoms with Gasteiger partial charge in [-0.15, -0.1) is 0 Å². The molecule has 1 aliphatic carbocycles. The van der Waals surface area contributed by atoms with Crippen molar-refractivity contribution in [3.05, 3.63) is 60.7 Å². The van der Waals surface area contributed by atoms with E-state index in [1.165, 1.54) is 42.6 Å². The SMILES string of the molecule is CC(C)(C)[Si](OC[C@]12CCCN1[C@H]1C[C@H]1C2)(c1ccccc1)c1ccccc1. The van der Waals surface area contributed by atoms with E-state index in [-0.39, 0.29) is 5.04 Å². The molecule has 0 N–H and O–H groups in total. The molecule has 2 nitrogen and oxygen atoms in total. The largest absolute Gasteiger partial charge is 0.406 e. The van der Waals surface area contributed by atoms with Crippen molar-refractivity contribution in [3.8, 4) is 0 Å². The van der Waals surface area contributed by atoms with Crippen molar-refractivity contribution in [3.63, 3.8) is 0 Å². The smallest absolute Gasteiger partial charge is 0.261 e. The lowest BCUT2D eigenvalue weighted by Crippen LogP contribution is -2.68. The first-order chi connectivity index (χ1) is 13.5. The minimum Gasteiger partial charge on any atom is -0.406 e. The second-order valence-electron chi connectivity index (χ2n) is 10.2. The Bertz CT molecular complexity index is 791. The van der Waals surface area contributed by atoms with Crippen LogP contribution in [-0.2, 0) is 4.43 Å². The Morgan fingerprint density at radius 2 is 1.61 bits per heavy atom. The molecule has 5 rings (SSSR count). The Hall–Kier alpha value is -1.42. The lowest BCUT2D eigenvalue weighted by atomic mass is 9.93. The fraction of sp³-hybridized carbons (Fsp3) is 0.520. The molecule has 148 valence electrons. The van der Waals surface area contributed by atoms with Gasteiger partial charge in [-0.25, -0.2) is 0 Å². The van der Waals surface area contributed by atoms with Gasteiger partial charge >= 0.3 is 0 Å². The average Bonchev–Trinajstić information content (AvgIpc) is 3.18. The topological polar surface area (TPSA) is 12.5 Å². The van der Waals surface area contributed by atoms with Crippen molar-refractivity contribution >= 4 is 18.7 Å². The summed E-state index contributed by atoms with van der Waals surface area (Å²) in [5.74, 6) is 0.947. The van der Waals surface area contributed by atoms with E-state index in [1.54, 1.807) is 0 Å². The molecule has 0 aromatic heterocycles. The molecule has 2 saturated heterocycles. The molecule has 3 fully saturated rings. The van der Waals surface area contributed by atoms with E-state index in [1.807, 2.05) is 0 Å². The second kappa shape index (κ2) is 6.55. The Morgan fingerprint density at radius 3 is 2.18 bits per heavy atom. The molecule has 3 atom stereocenters. The fourth-order valence-corrected chi connectivity index (χ4v) is 10.9. The van der Waals surface area contributed by atoms with Crippen LogP contribution in [0.15, 0.2) is 60.7 Å². The van der Waals surface area contributed by atoms with Gasteiger partial charge in [0.2, 0.25) is 0 Å². The van der Waals surface area contributed by atoms with Gasteiger partial charge < -0.3 is 4.43 Å². The van der Waals surface area contributed by atoms with Crippen LogP contribution >= 0.6 is 0 Å². The standard InChI is InChI=1S/C25H33NOSi/c1-24(2,3)28(21-11-6-4-7-12-21,22-13-8-5-9-14-22)27-19-25-15-10-16-26(25)23-17-20(23)18-25/h4-9,11-14,20,23H,10,15-19H2,1-3H3/t20-,23-,25+/m0/s1. The molecule has 3 heteroatoms. The third-order valence-corrected chi connectivity index (χ3v) is 12.5. The van der Waals surface area contributed by atoms with Crippen LogP contribution in [0.2, 0.25) is 5.04 Å². The molecule has 0 unspecified atom stereocenters. The zero-order chi connectivity index (χ0) is 19.4. The number of piperidine rings is 1. The highest BCUT2D eigenvalue weighted by Crippen LogP contribution is 2.57. The highest BCUT2D eigenvalue weighted by Gasteiger charge is 2.62. The van der Waals surface area contributed by atoms with Crippen LogP contribution < -0.4 is 10.4 Å². The predicted molar refractivity (Wildman–Crippen MR) is 119 cm³/mol. The zero-order valence-corrected chi connectivity index (χ0v) is 18.5. The third-order valence-electron chi connectivity index (χ3n) is 7.55. The molecule has 0 spiro atoms. The highest BCUT2D eigenvalue weighted by molar-refractivity contribution is 6.99. The van der Waals surface area contributed by atoms with Crippen LogP contribution in [-0.4, -0.2) is 37.9 Å². The molecule has 0 amide bonds. The number of hydrogen-bond donors (Lipinski definition) is 0. The summed E-state index contributed by atoms with van der Waals surface area (Å²) in [5.41, 5.74) is 0.306. The van der Waals surface area contributed by atoms with Crippen molar-refractivity contribution < 1.29 is 4.43 Å². The average molecular weight is 392 g/mol. The Balaban J connectivity index is 1.56. The monoisotopic (exact) mass is 391 g/mol. The van der Waals surface area contributed by atoms with Gasteiger partial charge in [-0.2, -0.15) is 0 Å². The van der Waals surface area contributed by atoms with E-state index >= 15 is 0 Å². The predicted octanol–water partition coefficient (Wildman–Crippen LogP) is 4.19. The molecule has 3 aliphatic rings. The van der Waals surface area contributed by atoms with E-state index in [0.29, 0.717) is 5.54 Å². The molecule has 1 saturated carbocycles. The first kappa shape index (κ1) is 18.6. The van der Waals surface area contributed by atoms with Crippen LogP contribution in [0.1, 0.15) is 46.5 Å². The third kappa shape index (κ3) is 2.74. The first-order valence-electron chi connectivity index (χ1n) is 11.0. The maximum absolute atomic E-state index is 7.32. The van der Waals surface area contributed by atoms with E-state index in [0.717, 1.165) is 18.6 Å². The minimum atomic E-state index is -2.42. The highest BCUT2D eigenvalue weighted by atomic mass is 28.4. The maximum atomic E-state index is 7.32. The lowest BCUT2D eigenvalue weighted by molar-refractivity contribution is 0.0866. The normalized spacial score (nSPS) is 29.5. The summed E-state index contributed by atoms with van der Waals surface area (Å²) in [6.07, 6.45) is 5.45. The van der Waals surface area contributed by atoms with Gasteiger partial charge in [-0.1, -0.05) is 81.4 Å². The molecule has 2 heterocycles. The lowest BCUT2D eigenvalue weighted by Gasteiger charge is -2.46. The number of benzene rings is 2. The van der Waals surface area contributed by atoms with Gasteiger partial charge in [-0.05, 0) is 53.6 Å². The Morgan fingerprint density at radius 1 is 1.00 bits per heavy atom. The van der Waals surface area contributed by atoms with E-state index < -0.39 is 8.32 Å². The molecule has 2 aromatic carbocycles. The Labute approximate surface area is 171 Å². The molecule has 2 aromatic rings. The number of nitrogens with zero attached hydrogens (tertiary/aromatic N) is 1. The molecule has 0 radical (unpaired) electrons. The summed E-state index contributed by atoms with van der Waals surface area (Å²) in [4.78, 5) is 2.83. The quantitative estimate of drug-likeness (QED) is 0.709. The van der Waals surface area contributed by atoms with E-state index in [4.69, 9.17) is 4.43 Å². The summed E-state index contributed by atoms with van der Waals surface area (Å²) < 4.78 is 7.32. The summed E-state index contributed by atoms with van der Waals surface area (Å²) in [6, 6.07) is 23.1. The number of fused-ring (bicyclic) bond motifs is 3. The van der Waals surface area contributed by atoms with Crippen molar-refractivity contribution in [1.29, 1.82) is 0 Å². The summed E-state index contributed by atoms with van der Waals surface area (Å²) in [6.45, 7) is 9.33. The number of hydrogen-bond acceptors (Lipinski definition) is 2. The van der Waals surface area contributed by atoms with Crippen LogP contribution in [0.5, 0.6) is 0 Å². The maximum Gasteiger partial charge on any atom is 0.261 e. The summed E-state index contributed by atoms with van der Waals surface area (Å²) in [7, 11) is -2.42. The van der Waals surface area contributed by atoms with Gasteiger partial charge in [-0.3, -0.25) is 4.90 Å². The molecule has 0 bridgehead atoms. The number of rotatable bonds is 5. The van der Waals surface area contributed by atoms with Gasteiger partial charge in [0.25, 0.3) is 8.32 Å². The van der Waals surface area contributed by atoms with E-state index in [9.17, 15) is 0 Å². The van der Waals surface area contributed by atoms with Crippen LogP contribution in [0.25, 0.3) is 0 Å². The van der Waals surface area contributed by atoms with Crippen LogP contribution in [0.3, 0.4) is 0 Å². The molecular formula is C25H33NOSi.